The molecule has 0 bridgehead atoms. The van der Waals surface area contributed by atoms with Gasteiger partial charge in [0.15, 0.2) is 0 Å². The van der Waals surface area contributed by atoms with Crippen LogP contribution in [0, 0.1) is 5.82 Å². The van der Waals surface area contributed by atoms with Crippen LogP contribution in [0.1, 0.15) is 34.6 Å². The maximum atomic E-state index is 13.4. The smallest absolute Gasteiger partial charge is 0.344 e. The fourth-order valence-corrected chi connectivity index (χ4v) is 3.40. The third-order valence-corrected chi connectivity index (χ3v) is 5.18. The van der Waals surface area contributed by atoms with Gasteiger partial charge in [0, 0.05) is 0 Å². The van der Waals surface area contributed by atoms with Crippen LogP contribution in [0.15, 0.2) is 94.5 Å². The van der Waals surface area contributed by atoms with Crippen molar-refractivity contribution in [2.24, 2.45) is 0 Å². The lowest BCUT2D eigenvalue weighted by Crippen LogP contribution is -2.46. The Bertz CT molecular complexity index is 1380. The van der Waals surface area contributed by atoms with Gasteiger partial charge in [0.2, 0.25) is 5.69 Å². The van der Waals surface area contributed by atoms with Crippen molar-refractivity contribution in [1.82, 2.24) is 19.7 Å². The van der Waals surface area contributed by atoms with E-state index in [1.54, 1.807) is 31.2 Å². The lowest BCUT2D eigenvalue weighted by atomic mass is 10.1. The molecule has 166 valence electrons. The number of hydrogen-bond acceptors (Lipinski definition) is 4. The molecule has 1 aromatic heterocycles. The van der Waals surface area contributed by atoms with Crippen molar-refractivity contribution in [3.63, 3.8) is 0 Å². The Labute approximate surface area is 188 Å². The van der Waals surface area contributed by atoms with Gasteiger partial charge in [-0.05, 0) is 42.3 Å². The Hall–Kier alpha value is -4.33. The zero-order chi connectivity index (χ0) is 23.4. The number of aromatic nitrogens is 3. The van der Waals surface area contributed by atoms with E-state index in [9.17, 15) is 18.8 Å². The number of carbonyl (C=O) groups excluding carboxylic acids is 1. The highest BCUT2D eigenvalue weighted by atomic mass is 19.1. The summed E-state index contributed by atoms with van der Waals surface area (Å²) in [4.78, 5) is 39.3. The number of hydrogen-bond donors (Lipinski definition) is 1. The van der Waals surface area contributed by atoms with Crippen LogP contribution in [0.4, 0.5) is 4.39 Å². The van der Waals surface area contributed by atoms with E-state index in [1.807, 2.05) is 36.4 Å². The number of amides is 1. The third-order valence-electron chi connectivity index (χ3n) is 5.18. The maximum Gasteiger partial charge on any atom is 0.352 e. The van der Waals surface area contributed by atoms with Gasteiger partial charge in [-0.25, -0.2) is 9.18 Å². The molecule has 33 heavy (non-hydrogen) atoms. The van der Waals surface area contributed by atoms with E-state index >= 15 is 0 Å². The molecule has 1 N–H and O–H groups in total. The first-order chi connectivity index (χ1) is 15.9. The molecule has 7 nitrogen and oxygen atoms in total. The molecule has 0 radical (unpaired) electrons. The SMILES string of the molecule is C[C@@H](NC(=O)c1nn(-c2ccc(F)cc2)c(=O)n(Cc2ccccc2)c1=O)c1ccccc1. The molecule has 0 aliphatic rings. The van der Waals surface area contributed by atoms with Crippen LogP contribution in [0.25, 0.3) is 5.69 Å². The van der Waals surface area contributed by atoms with Crippen LogP contribution in [-0.2, 0) is 6.54 Å². The van der Waals surface area contributed by atoms with E-state index in [4.69, 9.17) is 0 Å². The van der Waals surface area contributed by atoms with E-state index in [1.165, 1.54) is 24.3 Å². The fourth-order valence-electron chi connectivity index (χ4n) is 3.40. The molecule has 1 heterocycles. The molecule has 0 aliphatic carbocycles. The van der Waals surface area contributed by atoms with Gasteiger partial charge in [-0.15, -0.1) is 0 Å². The molecule has 3 aromatic carbocycles. The predicted octanol–water partition coefficient (Wildman–Crippen LogP) is 3.07. The quantitative estimate of drug-likeness (QED) is 0.495. The van der Waals surface area contributed by atoms with E-state index in [-0.39, 0.29) is 12.2 Å². The molecular weight excluding hydrogens is 423 g/mol. The highest BCUT2D eigenvalue weighted by Gasteiger charge is 2.22. The second kappa shape index (κ2) is 9.44. The minimum absolute atomic E-state index is 0.0449. The van der Waals surface area contributed by atoms with Gasteiger partial charge in [-0.1, -0.05) is 60.7 Å². The average Bonchev–Trinajstić information content (AvgIpc) is 2.83. The normalized spacial score (nSPS) is 11.7. The number of nitrogens with one attached hydrogen (secondary N) is 1. The number of rotatable bonds is 6. The summed E-state index contributed by atoms with van der Waals surface area (Å²) in [6, 6.07) is 22.9. The fraction of sp³-hybridized carbons (Fsp3) is 0.120. The molecule has 4 rings (SSSR count). The van der Waals surface area contributed by atoms with Crippen molar-refractivity contribution in [2.45, 2.75) is 19.5 Å². The standard InChI is InChI=1S/C25H21FN4O3/c1-17(19-10-6-3-7-11-19)27-23(31)22-24(32)29(16-18-8-4-2-5-9-18)25(33)30(28-22)21-14-12-20(26)13-15-21/h2-15,17H,16H2,1H3,(H,27,31)/t17-/m1/s1. The zero-order valence-corrected chi connectivity index (χ0v) is 17.8. The molecule has 1 atom stereocenters. The molecular formula is C25H21FN4O3. The van der Waals surface area contributed by atoms with E-state index in [0.29, 0.717) is 5.56 Å². The topological polar surface area (TPSA) is 86.0 Å². The van der Waals surface area contributed by atoms with Crippen LogP contribution in [0.5, 0.6) is 0 Å². The lowest BCUT2D eigenvalue weighted by molar-refractivity contribution is 0.0930. The Morgan fingerprint density at radius 1 is 0.939 bits per heavy atom. The number of benzene rings is 3. The first-order valence-electron chi connectivity index (χ1n) is 10.3. The summed E-state index contributed by atoms with van der Waals surface area (Å²) in [7, 11) is 0. The summed E-state index contributed by atoms with van der Waals surface area (Å²) in [5, 5.41) is 6.82. The highest BCUT2D eigenvalue weighted by Crippen LogP contribution is 2.12. The maximum absolute atomic E-state index is 13.4. The van der Waals surface area contributed by atoms with Crippen molar-refractivity contribution in [3.05, 3.63) is 128 Å². The Morgan fingerprint density at radius 2 is 1.55 bits per heavy atom. The highest BCUT2D eigenvalue weighted by molar-refractivity contribution is 5.92. The van der Waals surface area contributed by atoms with Crippen LogP contribution in [0.2, 0.25) is 0 Å². The second-order valence-electron chi connectivity index (χ2n) is 7.50. The van der Waals surface area contributed by atoms with Gasteiger partial charge in [-0.2, -0.15) is 9.78 Å². The van der Waals surface area contributed by atoms with Crippen molar-refractivity contribution >= 4 is 5.91 Å². The molecule has 0 saturated heterocycles. The molecule has 0 fully saturated rings. The Morgan fingerprint density at radius 3 is 2.18 bits per heavy atom. The van der Waals surface area contributed by atoms with Crippen molar-refractivity contribution in [2.75, 3.05) is 0 Å². The summed E-state index contributed by atoms with van der Waals surface area (Å²) in [5.74, 6) is -1.20. The van der Waals surface area contributed by atoms with Gasteiger partial charge in [-0.3, -0.25) is 14.2 Å². The monoisotopic (exact) mass is 444 g/mol. The Kier molecular flexibility index (Phi) is 6.26. The van der Waals surface area contributed by atoms with Gasteiger partial charge < -0.3 is 5.32 Å². The van der Waals surface area contributed by atoms with Crippen LogP contribution in [-0.4, -0.2) is 20.3 Å². The Balaban J connectivity index is 1.80. The van der Waals surface area contributed by atoms with E-state index in [2.05, 4.69) is 10.4 Å². The van der Waals surface area contributed by atoms with Crippen molar-refractivity contribution in [1.29, 1.82) is 0 Å². The molecule has 8 heteroatoms. The molecule has 4 aromatic rings. The van der Waals surface area contributed by atoms with E-state index in [0.717, 1.165) is 14.8 Å². The first-order valence-corrected chi connectivity index (χ1v) is 10.3. The lowest BCUT2D eigenvalue weighted by Gasteiger charge is -2.15. The van der Waals surface area contributed by atoms with Crippen LogP contribution < -0.4 is 16.6 Å². The number of nitrogens with zero attached hydrogens (tertiary/aromatic N) is 3. The van der Waals surface area contributed by atoms with Gasteiger partial charge in [0.05, 0.1) is 18.3 Å². The number of carbonyl (C=O) groups is 1. The minimum atomic E-state index is -0.806. The van der Waals surface area contributed by atoms with Crippen LogP contribution >= 0.6 is 0 Å². The van der Waals surface area contributed by atoms with Gasteiger partial charge in [0.1, 0.15) is 5.82 Å². The van der Waals surface area contributed by atoms with E-state index < -0.39 is 34.7 Å². The third kappa shape index (κ3) is 4.79. The molecule has 0 saturated carbocycles. The van der Waals surface area contributed by atoms with Gasteiger partial charge in [0.25, 0.3) is 11.5 Å². The predicted molar refractivity (Wildman–Crippen MR) is 122 cm³/mol. The summed E-state index contributed by atoms with van der Waals surface area (Å²) in [6.45, 7) is 1.74. The zero-order valence-electron chi connectivity index (χ0n) is 17.8. The molecule has 0 spiro atoms. The van der Waals surface area contributed by atoms with Gasteiger partial charge >= 0.3 is 5.69 Å². The summed E-state index contributed by atoms with van der Waals surface area (Å²) >= 11 is 0. The summed E-state index contributed by atoms with van der Waals surface area (Å²) < 4.78 is 15.3. The molecule has 1 amide bonds. The number of halogens is 1. The van der Waals surface area contributed by atoms with Crippen molar-refractivity contribution in [3.8, 4) is 5.69 Å². The summed E-state index contributed by atoms with van der Waals surface area (Å²) in [5.41, 5.74) is -0.186. The average molecular weight is 444 g/mol. The second-order valence-corrected chi connectivity index (χ2v) is 7.50. The summed E-state index contributed by atoms with van der Waals surface area (Å²) in [6.07, 6.45) is 0. The largest absolute Gasteiger partial charge is 0.352 e. The first kappa shape index (κ1) is 21.9. The molecule has 0 unspecified atom stereocenters. The minimum Gasteiger partial charge on any atom is -0.344 e. The van der Waals surface area contributed by atoms with Crippen molar-refractivity contribution < 1.29 is 9.18 Å². The molecule has 0 aliphatic heterocycles. The van der Waals surface area contributed by atoms with Crippen LogP contribution in [0.3, 0.4) is 0 Å².